The van der Waals surface area contributed by atoms with E-state index in [-0.39, 0.29) is 33.2 Å². The lowest BCUT2D eigenvalue weighted by atomic mass is 10.1. The first-order valence-corrected chi connectivity index (χ1v) is 7.83. The average Bonchev–Trinajstić information content (AvgIpc) is 3.09. The van der Waals surface area contributed by atoms with Crippen LogP contribution in [0.15, 0.2) is 45.6 Å². The second-order valence-corrected chi connectivity index (χ2v) is 6.04. The van der Waals surface area contributed by atoms with Crippen LogP contribution in [0.4, 0.5) is 13.2 Å². The molecule has 0 aliphatic carbocycles. The molecule has 0 aliphatic rings. The molecule has 8 heteroatoms. The Kier molecular flexibility index (Phi) is 3.56. The van der Waals surface area contributed by atoms with Crippen LogP contribution in [0.2, 0.25) is 0 Å². The van der Waals surface area contributed by atoms with Gasteiger partial charge in [0.15, 0.2) is 11.0 Å². The fourth-order valence-corrected chi connectivity index (χ4v) is 2.92. The topological polar surface area (TPSA) is 82.7 Å². The van der Waals surface area contributed by atoms with Gasteiger partial charge in [0.1, 0.15) is 11.3 Å². The Labute approximate surface area is 149 Å². The number of alkyl halides is 3. The molecule has 0 amide bonds. The van der Waals surface area contributed by atoms with Gasteiger partial charge in [0.05, 0.1) is 22.5 Å². The van der Waals surface area contributed by atoms with E-state index in [4.69, 9.17) is 9.68 Å². The van der Waals surface area contributed by atoms with Crippen LogP contribution in [0.25, 0.3) is 33.3 Å². The molecule has 1 N–H and O–H groups in total. The van der Waals surface area contributed by atoms with E-state index in [9.17, 15) is 18.0 Å². The molecular weight excluding hydrogens is 359 g/mol. The maximum atomic E-state index is 13.0. The van der Waals surface area contributed by atoms with E-state index in [1.165, 1.54) is 12.1 Å². The van der Waals surface area contributed by atoms with Gasteiger partial charge in [-0.05, 0) is 42.8 Å². The standard InChI is InChI=1S/C19H10F3N3O2/c1-9-6-12-13(26)7-14(11-4-2-10(8-23)3-5-11)27-17(12)16-15(9)24-18(25-16)19(20,21)22/h2-7H,1H3,(H,24,25). The van der Waals surface area contributed by atoms with Crippen molar-refractivity contribution in [1.82, 2.24) is 9.97 Å². The van der Waals surface area contributed by atoms with Crippen LogP contribution >= 0.6 is 0 Å². The van der Waals surface area contributed by atoms with Gasteiger partial charge in [0.2, 0.25) is 5.82 Å². The number of aryl methyl sites for hydroxylation is 1. The average molecular weight is 369 g/mol. The number of nitrogens with one attached hydrogen (secondary N) is 1. The van der Waals surface area contributed by atoms with Crippen molar-refractivity contribution in [2.75, 3.05) is 0 Å². The second-order valence-electron chi connectivity index (χ2n) is 6.04. The highest BCUT2D eigenvalue weighted by molar-refractivity contribution is 6.02. The number of halogens is 3. The SMILES string of the molecule is Cc1cc2c(=O)cc(-c3ccc(C#N)cc3)oc2c2[nH]c(C(F)(F)F)nc12. The van der Waals surface area contributed by atoms with E-state index in [0.29, 0.717) is 16.7 Å². The Morgan fingerprint density at radius 1 is 1.19 bits per heavy atom. The molecule has 0 unspecified atom stereocenters. The number of aromatic amines is 1. The van der Waals surface area contributed by atoms with Crippen LogP contribution in [0.1, 0.15) is 17.0 Å². The van der Waals surface area contributed by atoms with Crippen LogP contribution in [0.3, 0.4) is 0 Å². The zero-order chi connectivity index (χ0) is 19.3. The molecule has 134 valence electrons. The van der Waals surface area contributed by atoms with Gasteiger partial charge < -0.3 is 9.40 Å². The third kappa shape index (κ3) is 2.73. The summed E-state index contributed by atoms with van der Waals surface area (Å²) in [7, 11) is 0. The van der Waals surface area contributed by atoms with Crippen molar-refractivity contribution >= 4 is 22.0 Å². The van der Waals surface area contributed by atoms with Crippen LogP contribution in [-0.4, -0.2) is 9.97 Å². The molecule has 0 aliphatic heterocycles. The number of H-pyrrole nitrogens is 1. The van der Waals surface area contributed by atoms with Gasteiger partial charge in [0, 0.05) is 11.6 Å². The first-order valence-electron chi connectivity index (χ1n) is 7.83. The van der Waals surface area contributed by atoms with Gasteiger partial charge in [-0.3, -0.25) is 4.79 Å². The largest absolute Gasteiger partial charge is 0.454 e. The van der Waals surface area contributed by atoms with Crippen molar-refractivity contribution in [2.45, 2.75) is 13.1 Å². The van der Waals surface area contributed by atoms with E-state index in [1.807, 2.05) is 6.07 Å². The predicted molar refractivity (Wildman–Crippen MR) is 92.0 cm³/mol. The molecule has 0 radical (unpaired) electrons. The van der Waals surface area contributed by atoms with Crippen LogP contribution in [-0.2, 0) is 6.18 Å². The van der Waals surface area contributed by atoms with Crippen molar-refractivity contribution in [2.24, 2.45) is 0 Å². The van der Waals surface area contributed by atoms with Gasteiger partial charge in [0.25, 0.3) is 0 Å². The van der Waals surface area contributed by atoms with Crippen molar-refractivity contribution < 1.29 is 17.6 Å². The maximum absolute atomic E-state index is 13.0. The van der Waals surface area contributed by atoms with Crippen molar-refractivity contribution in [3.8, 4) is 17.4 Å². The zero-order valence-corrected chi connectivity index (χ0v) is 13.8. The maximum Gasteiger partial charge on any atom is 0.449 e. The summed E-state index contributed by atoms with van der Waals surface area (Å²) in [5.41, 5.74) is 1.12. The highest BCUT2D eigenvalue weighted by Gasteiger charge is 2.35. The first kappa shape index (κ1) is 16.8. The van der Waals surface area contributed by atoms with Crippen molar-refractivity contribution in [3.05, 3.63) is 63.6 Å². The Hall–Kier alpha value is -3.60. The van der Waals surface area contributed by atoms with E-state index in [0.717, 1.165) is 0 Å². The van der Waals surface area contributed by atoms with Crippen molar-refractivity contribution in [1.29, 1.82) is 5.26 Å². The molecule has 0 spiro atoms. The first-order chi connectivity index (χ1) is 12.8. The lowest BCUT2D eigenvalue weighted by Gasteiger charge is -2.05. The molecule has 0 atom stereocenters. The molecule has 2 aromatic heterocycles. The van der Waals surface area contributed by atoms with Gasteiger partial charge in [-0.25, -0.2) is 4.98 Å². The normalized spacial score (nSPS) is 11.8. The quantitative estimate of drug-likeness (QED) is 0.534. The highest BCUT2D eigenvalue weighted by atomic mass is 19.4. The van der Waals surface area contributed by atoms with Gasteiger partial charge >= 0.3 is 6.18 Å². The van der Waals surface area contributed by atoms with Crippen LogP contribution in [0, 0.1) is 18.3 Å². The lowest BCUT2D eigenvalue weighted by molar-refractivity contribution is -0.144. The Morgan fingerprint density at radius 3 is 2.52 bits per heavy atom. The van der Waals surface area contributed by atoms with E-state index < -0.39 is 12.0 Å². The summed E-state index contributed by atoms with van der Waals surface area (Å²) in [6.07, 6.45) is -4.65. The molecular formula is C19H10F3N3O2. The highest BCUT2D eigenvalue weighted by Crippen LogP contribution is 2.33. The van der Waals surface area contributed by atoms with E-state index in [2.05, 4.69) is 9.97 Å². The molecule has 4 aromatic rings. The minimum absolute atomic E-state index is 0.00506. The summed E-state index contributed by atoms with van der Waals surface area (Å²) in [4.78, 5) is 18.4. The number of benzene rings is 2. The minimum Gasteiger partial charge on any atom is -0.454 e. The molecule has 2 aromatic carbocycles. The predicted octanol–water partition coefficient (Wildman–Crippen LogP) is 4.54. The minimum atomic E-state index is -4.65. The molecule has 2 heterocycles. The Bertz CT molecular complexity index is 1290. The number of nitrogens with zero attached hydrogens (tertiary/aromatic N) is 2. The summed E-state index contributed by atoms with van der Waals surface area (Å²) in [5, 5.41) is 9.03. The van der Waals surface area contributed by atoms with Gasteiger partial charge in [-0.2, -0.15) is 18.4 Å². The summed E-state index contributed by atoms with van der Waals surface area (Å²) in [5.74, 6) is -0.968. The number of hydrogen-bond acceptors (Lipinski definition) is 4. The number of imidazole rings is 1. The Morgan fingerprint density at radius 2 is 1.89 bits per heavy atom. The van der Waals surface area contributed by atoms with Gasteiger partial charge in [-0.15, -0.1) is 0 Å². The molecule has 0 bridgehead atoms. The lowest BCUT2D eigenvalue weighted by Crippen LogP contribution is -2.06. The zero-order valence-electron chi connectivity index (χ0n) is 13.8. The number of aromatic nitrogens is 2. The third-order valence-electron chi connectivity index (χ3n) is 4.22. The summed E-state index contributed by atoms with van der Waals surface area (Å²) in [6, 6.07) is 11.0. The van der Waals surface area contributed by atoms with Crippen LogP contribution < -0.4 is 5.43 Å². The van der Waals surface area contributed by atoms with E-state index >= 15 is 0 Å². The number of fused-ring (bicyclic) bond motifs is 3. The number of hydrogen-bond donors (Lipinski definition) is 1. The summed E-state index contributed by atoms with van der Waals surface area (Å²) in [6.45, 7) is 1.58. The monoisotopic (exact) mass is 369 g/mol. The molecule has 27 heavy (non-hydrogen) atoms. The molecule has 4 rings (SSSR count). The van der Waals surface area contributed by atoms with Crippen molar-refractivity contribution in [3.63, 3.8) is 0 Å². The number of nitriles is 1. The van der Waals surface area contributed by atoms with Gasteiger partial charge in [-0.1, -0.05) is 0 Å². The summed E-state index contributed by atoms with van der Waals surface area (Å²) < 4.78 is 44.9. The fourth-order valence-electron chi connectivity index (χ4n) is 2.92. The smallest absolute Gasteiger partial charge is 0.449 e. The molecule has 5 nitrogen and oxygen atoms in total. The number of rotatable bonds is 1. The molecule has 0 saturated heterocycles. The van der Waals surface area contributed by atoms with Crippen LogP contribution in [0.5, 0.6) is 0 Å². The fraction of sp³-hybridized carbons (Fsp3) is 0.105. The molecule has 0 fully saturated rings. The Balaban J connectivity index is 2.03. The molecule has 0 saturated carbocycles. The third-order valence-corrected chi connectivity index (χ3v) is 4.22. The van der Waals surface area contributed by atoms with E-state index in [1.54, 1.807) is 31.2 Å². The second kappa shape index (κ2) is 5.71. The summed E-state index contributed by atoms with van der Waals surface area (Å²) >= 11 is 0.